The molecule has 0 unspecified atom stereocenters. The summed E-state index contributed by atoms with van der Waals surface area (Å²) in [5.41, 5.74) is 0. The second-order valence-electron chi connectivity index (χ2n) is 4.42. The Kier molecular flexibility index (Phi) is 9.27. The van der Waals surface area contributed by atoms with Crippen LogP contribution in [0, 0.1) is 0 Å². The van der Waals surface area contributed by atoms with Gasteiger partial charge in [-0.05, 0) is 13.0 Å². The normalized spacial score (nSPS) is 12.3. The van der Waals surface area contributed by atoms with E-state index in [4.69, 9.17) is 4.74 Å². The van der Waals surface area contributed by atoms with E-state index in [-0.39, 0.29) is 5.75 Å². The van der Waals surface area contributed by atoms with Gasteiger partial charge in [0.2, 0.25) is 10.0 Å². The summed E-state index contributed by atoms with van der Waals surface area (Å²) in [6.45, 7) is 9.49. The molecule has 0 aliphatic heterocycles. The van der Waals surface area contributed by atoms with E-state index >= 15 is 0 Å². The van der Waals surface area contributed by atoms with Crippen molar-refractivity contribution in [3.8, 4) is 0 Å². The molecule has 0 aromatic rings. The van der Waals surface area contributed by atoms with Crippen molar-refractivity contribution in [2.45, 2.75) is 26.3 Å². The molecule has 0 aliphatic rings. The molecular formula is C12H26N2O3S. The van der Waals surface area contributed by atoms with Gasteiger partial charge in [0.1, 0.15) is 0 Å². The first-order valence-electron chi connectivity index (χ1n) is 6.25. The number of sulfonamides is 1. The fourth-order valence-corrected chi connectivity index (χ4v) is 2.91. The van der Waals surface area contributed by atoms with Gasteiger partial charge in [-0.25, -0.2) is 8.42 Å². The molecule has 0 saturated heterocycles. The van der Waals surface area contributed by atoms with Crippen LogP contribution in [0.1, 0.15) is 20.3 Å². The van der Waals surface area contributed by atoms with Crippen LogP contribution in [-0.4, -0.2) is 57.9 Å². The van der Waals surface area contributed by atoms with Crippen LogP contribution in [-0.2, 0) is 14.8 Å². The zero-order valence-corrected chi connectivity index (χ0v) is 12.5. The van der Waals surface area contributed by atoms with E-state index in [1.165, 1.54) is 4.31 Å². The molecule has 5 nitrogen and oxygen atoms in total. The first kappa shape index (κ1) is 17.6. The molecule has 0 aliphatic carbocycles. The Labute approximate surface area is 111 Å². The molecular weight excluding hydrogens is 252 g/mol. The largest absolute Gasteiger partial charge is 0.383 e. The monoisotopic (exact) mass is 278 g/mol. The van der Waals surface area contributed by atoms with E-state index in [2.05, 4.69) is 11.9 Å². The Hall–Kier alpha value is -0.430. The molecule has 18 heavy (non-hydrogen) atoms. The van der Waals surface area contributed by atoms with Gasteiger partial charge in [-0.1, -0.05) is 19.9 Å². The van der Waals surface area contributed by atoms with Crippen LogP contribution >= 0.6 is 0 Å². The summed E-state index contributed by atoms with van der Waals surface area (Å²) in [5.74, 6) is 0.157. The van der Waals surface area contributed by atoms with Gasteiger partial charge in [-0.2, -0.15) is 4.31 Å². The summed E-state index contributed by atoms with van der Waals surface area (Å²) in [5, 5.41) is 3.20. The first-order valence-corrected chi connectivity index (χ1v) is 7.86. The van der Waals surface area contributed by atoms with Gasteiger partial charge in [-0.3, -0.25) is 0 Å². The van der Waals surface area contributed by atoms with E-state index in [0.29, 0.717) is 38.7 Å². The van der Waals surface area contributed by atoms with Crippen molar-refractivity contribution in [1.29, 1.82) is 0 Å². The van der Waals surface area contributed by atoms with E-state index in [9.17, 15) is 8.42 Å². The minimum Gasteiger partial charge on any atom is -0.383 e. The van der Waals surface area contributed by atoms with Gasteiger partial charge in [0.25, 0.3) is 0 Å². The Morgan fingerprint density at radius 1 is 1.44 bits per heavy atom. The molecule has 0 amide bonds. The fraction of sp³-hybridized carbons (Fsp3) is 0.833. The van der Waals surface area contributed by atoms with Crippen molar-refractivity contribution in [1.82, 2.24) is 9.62 Å². The highest BCUT2D eigenvalue weighted by Crippen LogP contribution is 2.03. The van der Waals surface area contributed by atoms with Crippen molar-refractivity contribution >= 4 is 10.0 Å². The summed E-state index contributed by atoms with van der Waals surface area (Å²) in [6.07, 6.45) is 2.21. The van der Waals surface area contributed by atoms with Gasteiger partial charge in [0.05, 0.1) is 12.4 Å². The molecule has 0 radical (unpaired) electrons. The third-order valence-corrected chi connectivity index (χ3v) is 4.33. The summed E-state index contributed by atoms with van der Waals surface area (Å²) >= 11 is 0. The molecule has 6 heteroatoms. The van der Waals surface area contributed by atoms with Gasteiger partial charge in [0, 0.05) is 26.2 Å². The average Bonchev–Trinajstić information content (AvgIpc) is 2.29. The molecule has 0 spiro atoms. The summed E-state index contributed by atoms with van der Waals surface area (Å²) in [6, 6.07) is 0.380. The molecule has 0 saturated carbocycles. The Bertz CT molecular complexity index is 315. The lowest BCUT2D eigenvalue weighted by molar-refractivity contribution is 0.182. The molecule has 0 fully saturated rings. The van der Waals surface area contributed by atoms with Crippen LogP contribution in [0.4, 0.5) is 0 Å². The predicted molar refractivity (Wildman–Crippen MR) is 75.2 cm³/mol. The number of ether oxygens (including phenoxy) is 1. The number of methoxy groups -OCH3 is 1. The van der Waals surface area contributed by atoms with Gasteiger partial charge in [0.15, 0.2) is 0 Å². The van der Waals surface area contributed by atoms with Crippen molar-refractivity contribution in [3.63, 3.8) is 0 Å². The molecule has 108 valence electrons. The lowest BCUT2D eigenvalue weighted by Crippen LogP contribution is -2.36. The second-order valence-corrected chi connectivity index (χ2v) is 6.51. The van der Waals surface area contributed by atoms with Crippen LogP contribution < -0.4 is 5.32 Å². The molecule has 0 heterocycles. The maximum absolute atomic E-state index is 12.1. The SMILES string of the molecule is C=CCN(CCOC)S(=O)(=O)CCCNC(C)C. The summed E-state index contributed by atoms with van der Waals surface area (Å²) < 4.78 is 30.5. The van der Waals surface area contributed by atoms with Gasteiger partial charge >= 0.3 is 0 Å². The lowest BCUT2D eigenvalue weighted by Gasteiger charge is -2.20. The third kappa shape index (κ3) is 7.81. The molecule has 0 bridgehead atoms. The van der Waals surface area contributed by atoms with E-state index in [1.807, 2.05) is 13.8 Å². The van der Waals surface area contributed by atoms with E-state index in [0.717, 1.165) is 0 Å². The number of hydrogen-bond acceptors (Lipinski definition) is 4. The Morgan fingerprint density at radius 2 is 2.11 bits per heavy atom. The standard InChI is InChI=1S/C12H26N2O3S/c1-5-8-14(9-10-17-4)18(15,16)11-6-7-13-12(2)3/h5,12-13H,1,6-11H2,2-4H3. The highest BCUT2D eigenvalue weighted by Gasteiger charge is 2.19. The lowest BCUT2D eigenvalue weighted by atomic mass is 10.4. The number of nitrogens with zero attached hydrogens (tertiary/aromatic N) is 1. The molecule has 1 N–H and O–H groups in total. The van der Waals surface area contributed by atoms with Crippen LogP contribution in [0.3, 0.4) is 0 Å². The second kappa shape index (κ2) is 9.49. The summed E-state index contributed by atoms with van der Waals surface area (Å²) in [7, 11) is -1.65. The first-order chi connectivity index (χ1) is 8.44. The van der Waals surface area contributed by atoms with Crippen molar-refractivity contribution < 1.29 is 13.2 Å². The van der Waals surface area contributed by atoms with Gasteiger partial charge in [-0.15, -0.1) is 6.58 Å². The van der Waals surface area contributed by atoms with Gasteiger partial charge < -0.3 is 10.1 Å². The maximum atomic E-state index is 12.1. The Balaban J connectivity index is 4.22. The van der Waals surface area contributed by atoms with Crippen LogP contribution in [0.15, 0.2) is 12.7 Å². The number of hydrogen-bond donors (Lipinski definition) is 1. The average molecular weight is 278 g/mol. The zero-order valence-electron chi connectivity index (χ0n) is 11.7. The van der Waals surface area contributed by atoms with Crippen molar-refractivity contribution in [2.75, 3.05) is 39.1 Å². The highest BCUT2D eigenvalue weighted by atomic mass is 32.2. The number of nitrogens with one attached hydrogen (secondary N) is 1. The minimum absolute atomic E-state index is 0.157. The van der Waals surface area contributed by atoms with E-state index in [1.54, 1.807) is 13.2 Å². The fourth-order valence-electron chi connectivity index (χ4n) is 1.46. The minimum atomic E-state index is -3.21. The topological polar surface area (TPSA) is 58.6 Å². The van der Waals surface area contributed by atoms with Crippen LogP contribution in [0.5, 0.6) is 0 Å². The molecule has 0 atom stereocenters. The zero-order chi connectivity index (χ0) is 14.0. The van der Waals surface area contributed by atoms with Crippen molar-refractivity contribution in [2.24, 2.45) is 0 Å². The maximum Gasteiger partial charge on any atom is 0.214 e. The Morgan fingerprint density at radius 3 is 2.61 bits per heavy atom. The summed E-state index contributed by atoms with van der Waals surface area (Å²) in [4.78, 5) is 0. The van der Waals surface area contributed by atoms with Crippen LogP contribution in [0.25, 0.3) is 0 Å². The van der Waals surface area contributed by atoms with Crippen LogP contribution in [0.2, 0.25) is 0 Å². The third-order valence-electron chi connectivity index (χ3n) is 2.40. The number of rotatable bonds is 11. The molecule has 0 aromatic carbocycles. The molecule has 0 rings (SSSR count). The molecule has 0 aromatic heterocycles. The van der Waals surface area contributed by atoms with Crippen molar-refractivity contribution in [3.05, 3.63) is 12.7 Å². The van der Waals surface area contributed by atoms with E-state index < -0.39 is 10.0 Å². The smallest absolute Gasteiger partial charge is 0.214 e. The highest BCUT2D eigenvalue weighted by molar-refractivity contribution is 7.89. The predicted octanol–water partition coefficient (Wildman–Crippen LogP) is 0.839. The quantitative estimate of drug-likeness (QED) is 0.449.